The summed E-state index contributed by atoms with van der Waals surface area (Å²) in [4.78, 5) is 0. The second-order valence-electron chi connectivity index (χ2n) is 4.09. The molecule has 0 aliphatic rings. The van der Waals surface area contributed by atoms with Crippen LogP contribution in [0.4, 0.5) is 0 Å². The summed E-state index contributed by atoms with van der Waals surface area (Å²) in [6.45, 7) is 0.498. The molecule has 3 nitrogen and oxygen atoms in total. The van der Waals surface area contributed by atoms with Gasteiger partial charge in [0.2, 0.25) is 0 Å². The molecule has 2 aromatic rings. The van der Waals surface area contributed by atoms with E-state index < -0.39 is 0 Å². The lowest BCUT2D eigenvalue weighted by Crippen LogP contribution is -2.00. The summed E-state index contributed by atoms with van der Waals surface area (Å²) < 4.78 is 5.20. The smallest absolute Gasteiger partial charge is 0.119 e. The van der Waals surface area contributed by atoms with Gasteiger partial charge >= 0.3 is 0 Å². The van der Waals surface area contributed by atoms with Crippen LogP contribution in [0.15, 0.2) is 42.5 Å². The third-order valence-corrected chi connectivity index (χ3v) is 2.95. The van der Waals surface area contributed by atoms with Crippen LogP contribution in [0.1, 0.15) is 11.1 Å². The first-order chi connectivity index (χ1) is 8.78. The first-order valence-corrected chi connectivity index (χ1v) is 5.85. The van der Waals surface area contributed by atoms with E-state index in [1.165, 1.54) is 0 Å². The lowest BCUT2D eigenvalue weighted by atomic mass is 9.98. The first-order valence-electron chi connectivity index (χ1n) is 5.85. The van der Waals surface area contributed by atoms with Gasteiger partial charge in [0.1, 0.15) is 5.75 Å². The molecule has 3 heteroatoms. The molecular formula is C15H17NO2. The van der Waals surface area contributed by atoms with Crippen LogP contribution < -0.4 is 10.5 Å². The van der Waals surface area contributed by atoms with Crippen LogP contribution in [0.25, 0.3) is 11.1 Å². The lowest BCUT2D eigenvalue weighted by molar-refractivity contribution is 0.282. The van der Waals surface area contributed by atoms with Gasteiger partial charge in [0, 0.05) is 6.54 Å². The highest BCUT2D eigenvalue weighted by atomic mass is 16.5. The Morgan fingerprint density at radius 3 is 2.67 bits per heavy atom. The quantitative estimate of drug-likeness (QED) is 0.866. The average molecular weight is 243 g/mol. The molecule has 0 aliphatic carbocycles. The summed E-state index contributed by atoms with van der Waals surface area (Å²) >= 11 is 0. The largest absolute Gasteiger partial charge is 0.497 e. The van der Waals surface area contributed by atoms with Crippen LogP contribution in [0.2, 0.25) is 0 Å². The molecule has 0 fully saturated rings. The van der Waals surface area contributed by atoms with Gasteiger partial charge in [-0.25, -0.2) is 0 Å². The van der Waals surface area contributed by atoms with Crippen molar-refractivity contribution >= 4 is 0 Å². The van der Waals surface area contributed by atoms with Crippen molar-refractivity contribution in [3.8, 4) is 16.9 Å². The molecule has 94 valence electrons. The van der Waals surface area contributed by atoms with Crippen LogP contribution in [-0.4, -0.2) is 12.2 Å². The Balaban J connectivity index is 2.48. The van der Waals surface area contributed by atoms with E-state index in [4.69, 9.17) is 10.5 Å². The van der Waals surface area contributed by atoms with E-state index in [0.29, 0.717) is 6.54 Å². The molecule has 0 atom stereocenters. The standard InChI is InChI=1S/C15H17NO2/c1-18-14-5-6-15(13(8-14)9-16)12-4-2-3-11(7-12)10-17/h2-8,17H,9-10,16H2,1H3. The molecular weight excluding hydrogens is 226 g/mol. The SMILES string of the molecule is COc1ccc(-c2cccc(CO)c2)c(CN)c1. The van der Waals surface area contributed by atoms with Crippen LogP contribution in [0, 0.1) is 0 Å². The van der Waals surface area contributed by atoms with Crippen molar-refractivity contribution in [3.63, 3.8) is 0 Å². The van der Waals surface area contributed by atoms with Gasteiger partial charge in [-0.2, -0.15) is 0 Å². The summed E-state index contributed by atoms with van der Waals surface area (Å²) in [5, 5.41) is 9.17. The number of hydrogen-bond acceptors (Lipinski definition) is 3. The van der Waals surface area contributed by atoms with Crippen molar-refractivity contribution in [2.45, 2.75) is 13.2 Å². The van der Waals surface area contributed by atoms with Gasteiger partial charge in [-0.3, -0.25) is 0 Å². The molecule has 0 bridgehead atoms. The van der Waals surface area contributed by atoms with Crippen LogP contribution in [0.5, 0.6) is 5.75 Å². The van der Waals surface area contributed by atoms with Crippen molar-refractivity contribution in [3.05, 3.63) is 53.6 Å². The van der Waals surface area contributed by atoms with Gasteiger partial charge in [-0.15, -0.1) is 0 Å². The maximum Gasteiger partial charge on any atom is 0.119 e. The molecule has 3 N–H and O–H groups in total. The fourth-order valence-electron chi connectivity index (χ4n) is 1.98. The van der Waals surface area contributed by atoms with Gasteiger partial charge in [0.25, 0.3) is 0 Å². The Kier molecular flexibility index (Phi) is 3.97. The van der Waals surface area contributed by atoms with E-state index in [-0.39, 0.29) is 6.61 Å². The van der Waals surface area contributed by atoms with Crippen LogP contribution in [0.3, 0.4) is 0 Å². The highest BCUT2D eigenvalue weighted by molar-refractivity contribution is 5.69. The van der Waals surface area contributed by atoms with Crippen LogP contribution in [-0.2, 0) is 13.2 Å². The zero-order valence-electron chi connectivity index (χ0n) is 10.4. The summed E-state index contributed by atoms with van der Waals surface area (Å²) in [6, 6.07) is 13.7. The summed E-state index contributed by atoms with van der Waals surface area (Å²) in [7, 11) is 1.64. The number of aliphatic hydroxyl groups is 1. The molecule has 0 saturated heterocycles. The highest BCUT2D eigenvalue weighted by Gasteiger charge is 2.06. The molecule has 0 aliphatic heterocycles. The predicted molar refractivity (Wildman–Crippen MR) is 72.2 cm³/mol. The van der Waals surface area contributed by atoms with Crippen molar-refractivity contribution in [2.75, 3.05) is 7.11 Å². The Bertz CT molecular complexity index is 538. The van der Waals surface area contributed by atoms with Crippen LogP contribution >= 0.6 is 0 Å². The molecule has 0 heterocycles. The third-order valence-electron chi connectivity index (χ3n) is 2.95. The maximum absolute atomic E-state index is 9.17. The van der Waals surface area contributed by atoms with Gasteiger partial charge in [0.15, 0.2) is 0 Å². The molecule has 2 aromatic carbocycles. The number of benzene rings is 2. The van der Waals surface area contributed by atoms with E-state index >= 15 is 0 Å². The summed E-state index contributed by atoms with van der Waals surface area (Å²) in [6.07, 6.45) is 0. The normalized spacial score (nSPS) is 10.4. The van der Waals surface area contributed by atoms with Gasteiger partial charge in [-0.05, 0) is 40.5 Å². The number of methoxy groups -OCH3 is 1. The van der Waals surface area contributed by atoms with Crippen molar-refractivity contribution in [2.24, 2.45) is 5.73 Å². The fourth-order valence-corrected chi connectivity index (χ4v) is 1.98. The molecule has 0 amide bonds. The van der Waals surface area contributed by atoms with Gasteiger partial charge in [0.05, 0.1) is 13.7 Å². The van der Waals surface area contributed by atoms with E-state index in [2.05, 4.69) is 0 Å². The minimum Gasteiger partial charge on any atom is -0.497 e. The number of aliphatic hydroxyl groups excluding tert-OH is 1. The molecule has 0 spiro atoms. The molecule has 0 radical (unpaired) electrons. The lowest BCUT2D eigenvalue weighted by Gasteiger charge is -2.11. The van der Waals surface area contributed by atoms with E-state index in [9.17, 15) is 5.11 Å². The number of rotatable bonds is 4. The minimum absolute atomic E-state index is 0.0436. The van der Waals surface area contributed by atoms with Crippen molar-refractivity contribution in [1.29, 1.82) is 0 Å². The summed E-state index contributed by atoms with van der Waals surface area (Å²) in [5.41, 5.74) is 9.84. The molecule has 0 unspecified atom stereocenters. The van der Waals surface area contributed by atoms with E-state index in [0.717, 1.165) is 28.0 Å². The van der Waals surface area contributed by atoms with Crippen molar-refractivity contribution < 1.29 is 9.84 Å². The number of ether oxygens (including phenoxy) is 1. The molecule has 0 saturated carbocycles. The van der Waals surface area contributed by atoms with Gasteiger partial charge < -0.3 is 15.6 Å². The Morgan fingerprint density at radius 2 is 2.00 bits per heavy atom. The van der Waals surface area contributed by atoms with Gasteiger partial charge in [-0.1, -0.05) is 24.3 Å². The predicted octanol–water partition coefficient (Wildman–Crippen LogP) is 2.31. The van der Waals surface area contributed by atoms with Crippen molar-refractivity contribution in [1.82, 2.24) is 0 Å². The van der Waals surface area contributed by atoms with E-state index in [1.54, 1.807) is 7.11 Å². The minimum atomic E-state index is 0.0436. The maximum atomic E-state index is 9.17. The monoisotopic (exact) mass is 243 g/mol. The second kappa shape index (κ2) is 5.67. The molecule has 2 rings (SSSR count). The highest BCUT2D eigenvalue weighted by Crippen LogP contribution is 2.27. The molecule has 18 heavy (non-hydrogen) atoms. The summed E-state index contributed by atoms with van der Waals surface area (Å²) in [5.74, 6) is 0.803. The Morgan fingerprint density at radius 1 is 1.17 bits per heavy atom. The fraction of sp³-hybridized carbons (Fsp3) is 0.200. The second-order valence-corrected chi connectivity index (χ2v) is 4.09. The zero-order chi connectivity index (χ0) is 13.0. The Hall–Kier alpha value is -1.84. The van der Waals surface area contributed by atoms with E-state index in [1.807, 2.05) is 42.5 Å². The topological polar surface area (TPSA) is 55.5 Å². The first kappa shape index (κ1) is 12.6. The molecule has 0 aromatic heterocycles. The third kappa shape index (κ3) is 2.53. The number of nitrogens with two attached hydrogens (primary N) is 1. The Labute approximate surface area is 107 Å². The average Bonchev–Trinajstić information content (AvgIpc) is 2.46. The number of hydrogen-bond donors (Lipinski definition) is 2. The zero-order valence-corrected chi connectivity index (χ0v) is 10.4.